The van der Waals surface area contributed by atoms with Crippen molar-refractivity contribution in [2.24, 2.45) is 0 Å². The zero-order valence-corrected chi connectivity index (χ0v) is 17.2. The fourth-order valence-electron chi connectivity index (χ4n) is 0.108. The van der Waals surface area contributed by atoms with E-state index in [0.29, 0.717) is 0 Å². The molecule has 0 aromatic rings. The van der Waals surface area contributed by atoms with E-state index in [4.69, 9.17) is 35.4 Å². The third-order valence-electron chi connectivity index (χ3n) is 0.741. The summed E-state index contributed by atoms with van der Waals surface area (Å²) >= 11 is 0. The zero-order valence-electron chi connectivity index (χ0n) is 12.6. The summed E-state index contributed by atoms with van der Waals surface area (Å²) in [5.41, 5.74) is 0. The van der Waals surface area contributed by atoms with Gasteiger partial charge in [0.15, 0.2) is 6.61 Å². The van der Waals surface area contributed by atoms with Gasteiger partial charge in [0.2, 0.25) is 0 Å². The summed E-state index contributed by atoms with van der Waals surface area (Å²) in [7, 11) is 3.00. The number of aliphatic carboxylic acids is 1. The lowest BCUT2D eigenvalue weighted by molar-refractivity contribution is -0.754. The van der Waals surface area contributed by atoms with Crippen LogP contribution in [0.2, 0.25) is 0 Å². The van der Waals surface area contributed by atoms with Crippen LogP contribution in [-0.4, -0.2) is 59.4 Å². The lowest BCUT2D eigenvalue weighted by atomic mass is 10.8. The van der Waals surface area contributed by atoms with Crippen LogP contribution in [0.1, 0.15) is 0 Å². The summed E-state index contributed by atoms with van der Waals surface area (Å²) < 4.78 is 0. The summed E-state index contributed by atoms with van der Waals surface area (Å²) in [6, 6.07) is 0. The van der Waals surface area contributed by atoms with Gasteiger partial charge in [-0.25, -0.2) is 0 Å². The maximum absolute atomic E-state index is 9.47. The smallest absolute Gasteiger partial charge is 0.329 e. The van der Waals surface area contributed by atoms with E-state index in [2.05, 4.69) is 19.4 Å². The molecule has 0 aromatic carbocycles. The molecule has 0 aliphatic heterocycles. The lowest BCUT2D eigenvalue weighted by Crippen LogP contribution is -2.10. The minimum absolute atomic E-state index is 0. The molecule has 0 unspecified atom stereocenters. The van der Waals surface area contributed by atoms with E-state index in [9.17, 15) is 14.9 Å². The minimum atomic E-state index is -1.36. The highest BCUT2D eigenvalue weighted by molar-refractivity contribution is 14.0. The zero-order chi connectivity index (χ0) is 19.4. The molecule has 0 spiro atoms. The summed E-state index contributed by atoms with van der Waals surface area (Å²) in [4.78, 5) is 59.4. The predicted molar refractivity (Wildman–Crippen MR) is 93.4 cm³/mol. The molecular weight excluding hydrogens is 594 g/mol. The highest BCUT2D eigenvalue weighted by atomic mass is 127. The molecule has 1 N–H and O–H groups in total. The SMILES string of the molecule is CO[N+](=O)[O-].CO[N+](=O)[O-].CO[N+](=O)[O-].I.I.O=C(O)CO[N+](=O)[O-]. The van der Waals surface area contributed by atoms with Crippen LogP contribution in [-0.2, 0) is 24.1 Å². The van der Waals surface area contributed by atoms with Crippen LogP contribution in [0.25, 0.3) is 0 Å². The van der Waals surface area contributed by atoms with Gasteiger partial charge in [0.05, 0.1) is 21.3 Å². The van der Waals surface area contributed by atoms with Gasteiger partial charge in [-0.2, -0.15) is 0 Å². The Morgan fingerprint density at radius 2 is 0.960 bits per heavy atom. The molecule has 152 valence electrons. The molecule has 0 fully saturated rings. The largest absolute Gasteiger partial charge is 0.480 e. The van der Waals surface area contributed by atoms with Crippen molar-refractivity contribution in [1.82, 2.24) is 0 Å². The number of rotatable bonds is 6. The second-order valence-corrected chi connectivity index (χ2v) is 2.11. The third-order valence-corrected chi connectivity index (χ3v) is 0.741. The van der Waals surface area contributed by atoms with Gasteiger partial charge in [-0.1, -0.05) is 0 Å². The van der Waals surface area contributed by atoms with Crippen LogP contribution in [0.3, 0.4) is 0 Å². The average molecular weight is 608 g/mol. The van der Waals surface area contributed by atoms with Gasteiger partial charge >= 0.3 is 5.97 Å². The molecule has 0 radical (unpaired) electrons. The molecule has 0 bridgehead atoms. The Morgan fingerprint density at radius 3 is 1.00 bits per heavy atom. The van der Waals surface area contributed by atoms with E-state index in [-0.39, 0.29) is 48.0 Å². The maximum Gasteiger partial charge on any atom is 0.329 e. The first-order valence-corrected chi connectivity index (χ1v) is 4.49. The molecule has 0 heterocycles. The van der Waals surface area contributed by atoms with Crippen molar-refractivity contribution >= 4 is 53.9 Å². The first-order chi connectivity index (χ1) is 10.4. The van der Waals surface area contributed by atoms with Gasteiger partial charge in [-0.3, -0.25) is 4.79 Å². The van der Waals surface area contributed by atoms with E-state index in [0.717, 1.165) is 21.3 Å². The van der Waals surface area contributed by atoms with Crippen LogP contribution in [0.15, 0.2) is 0 Å². The lowest BCUT2D eigenvalue weighted by Gasteiger charge is -1.88. The molecule has 0 aliphatic carbocycles. The summed E-state index contributed by atoms with van der Waals surface area (Å²) in [6.45, 7) is -0.896. The third kappa shape index (κ3) is 111. The highest BCUT2D eigenvalue weighted by Gasteiger charge is 1.98. The van der Waals surface area contributed by atoms with Crippen molar-refractivity contribution in [2.45, 2.75) is 0 Å². The van der Waals surface area contributed by atoms with Gasteiger partial charge < -0.3 is 24.5 Å². The van der Waals surface area contributed by atoms with E-state index >= 15 is 0 Å². The number of halogens is 2. The minimum Gasteiger partial charge on any atom is -0.480 e. The number of carboxylic acids is 1. The molecule has 0 amide bonds. The Morgan fingerprint density at radius 1 is 0.760 bits per heavy atom. The topological polar surface area (TPSA) is 247 Å². The molecule has 25 heavy (non-hydrogen) atoms. The Balaban J connectivity index is -0.0000000481. The number of hydrogen-bond donors (Lipinski definition) is 1. The number of hydrogen-bond acceptors (Lipinski definition) is 13. The van der Waals surface area contributed by atoms with E-state index in [1.807, 2.05) is 0 Å². The van der Waals surface area contributed by atoms with Gasteiger partial charge in [0.25, 0.3) is 20.3 Å². The Hall–Kier alpha value is -2.27. The van der Waals surface area contributed by atoms with E-state index in [1.54, 1.807) is 0 Å². The standard InChI is InChI=1S/C2H3NO5.3CH3NO3.2HI/c4-2(5)1-8-3(6)7;3*1-5-2(3)4;;/h1H2,(H,4,5);3*1H3;2*1H. The van der Waals surface area contributed by atoms with Gasteiger partial charge in [0, 0.05) is 0 Å². The predicted octanol–water partition coefficient (Wildman–Crippen LogP) is -0.0112. The van der Waals surface area contributed by atoms with Gasteiger partial charge in [-0.15, -0.1) is 88.4 Å². The molecule has 0 saturated heterocycles. The summed E-state index contributed by atoms with van der Waals surface area (Å²) in [6.07, 6.45) is 0. The maximum atomic E-state index is 9.47. The molecule has 20 heteroatoms. The Labute approximate surface area is 171 Å². The van der Waals surface area contributed by atoms with Gasteiger partial charge in [-0.05, 0) is 0 Å². The highest BCUT2D eigenvalue weighted by Crippen LogP contribution is 1.72. The van der Waals surface area contributed by atoms with Crippen LogP contribution in [0, 0.1) is 40.5 Å². The van der Waals surface area contributed by atoms with Crippen LogP contribution in [0.4, 0.5) is 0 Å². The van der Waals surface area contributed by atoms with Crippen molar-refractivity contribution in [3.05, 3.63) is 40.5 Å². The number of carboxylic acid groups (broad SMARTS) is 1. The fraction of sp³-hybridized carbons (Fsp3) is 0.800. The second kappa shape index (κ2) is 29.7. The van der Waals surface area contributed by atoms with Gasteiger partial charge in [0.1, 0.15) is 0 Å². The molecule has 0 saturated carbocycles. The molecular formula is C5H14I2N4O14. The van der Waals surface area contributed by atoms with Crippen molar-refractivity contribution in [2.75, 3.05) is 27.9 Å². The fourth-order valence-corrected chi connectivity index (χ4v) is 0.108. The Kier molecular flexibility index (Phi) is 45.6. The number of carbonyl (C=O) groups is 1. The molecule has 0 aliphatic rings. The van der Waals surface area contributed by atoms with E-state index in [1.165, 1.54) is 0 Å². The van der Waals surface area contributed by atoms with Crippen molar-refractivity contribution < 1.29 is 49.6 Å². The average Bonchev–Trinajstić information content (AvgIpc) is 2.46. The first kappa shape index (κ1) is 38.3. The first-order valence-electron chi connectivity index (χ1n) is 4.49. The van der Waals surface area contributed by atoms with E-state index < -0.39 is 32.9 Å². The second-order valence-electron chi connectivity index (χ2n) is 2.11. The van der Waals surface area contributed by atoms with Crippen LogP contribution >= 0.6 is 48.0 Å². The summed E-state index contributed by atoms with van der Waals surface area (Å²) in [5, 5.41) is 40.0. The number of nitrogens with zero attached hydrogens (tertiary/aromatic N) is 4. The molecule has 18 nitrogen and oxygen atoms in total. The van der Waals surface area contributed by atoms with Crippen LogP contribution < -0.4 is 0 Å². The van der Waals surface area contributed by atoms with Crippen molar-refractivity contribution in [3.8, 4) is 0 Å². The summed E-state index contributed by atoms with van der Waals surface area (Å²) in [5.74, 6) is -1.36. The Bertz CT molecular complexity index is 333. The molecule has 0 aromatic heterocycles. The van der Waals surface area contributed by atoms with Crippen molar-refractivity contribution in [1.29, 1.82) is 0 Å². The van der Waals surface area contributed by atoms with Crippen molar-refractivity contribution in [3.63, 3.8) is 0 Å². The molecule has 0 atom stereocenters. The quantitative estimate of drug-likeness (QED) is 0.237. The monoisotopic (exact) mass is 608 g/mol. The molecule has 0 rings (SSSR count). The van der Waals surface area contributed by atoms with Crippen LogP contribution in [0.5, 0.6) is 0 Å². The normalized spacial score (nSPS) is 6.52.